The van der Waals surface area contributed by atoms with E-state index in [-0.39, 0.29) is 6.61 Å². The van der Waals surface area contributed by atoms with E-state index in [1.807, 2.05) is 0 Å². The first-order valence-electron chi connectivity index (χ1n) is 8.27. The second kappa shape index (κ2) is 8.17. The molecule has 21 heavy (non-hydrogen) atoms. The minimum Gasteiger partial charge on any atom is -0.396 e. The van der Waals surface area contributed by atoms with Gasteiger partial charge in [-0.2, -0.15) is 0 Å². The molecule has 118 valence electrons. The van der Waals surface area contributed by atoms with Gasteiger partial charge < -0.3 is 15.3 Å². The molecule has 0 radical (unpaired) electrons. The van der Waals surface area contributed by atoms with Crippen LogP contribution in [0, 0.1) is 0 Å². The number of nitrogens with one attached hydrogen (secondary N) is 1. The fourth-order valence-electron chi connectivity index (χ4n) is 3.10. The number of aliphatic hydroxyl groups is 1. The smallest absolute Gasteiger partial charge is 0.137 e. The maximum atomic E-state index is 9.31. The molecular weight excluding hydrogens is 264 g/mol. The Morgan fingerprint density at radius 3 is 2.90 bits per heavy atom. The number of aromatic nitrogens is 2. The van der Waals surface area contributed by atoms with Gasteiger partial charge in [0.2, 0.25) is 0 Å². The number of hydrogen-bond donors (Lipinski definition) is 2. The molecule has 1 atom stereocenters. The lowest BCUT2D eigenvalue weighted by Gasteiger charge is -2.37. The number of nitrogens with zero attached hydrogens (tertiary/aromatic N) is 3. The lowest BCUT2D eigenvalue weighted by molar-refractivity contribution is 0.262. The van der Waals surface area contributed by atoms with E-state index < -0.39 is 0 Å². The van der Waals surface area contributed by atoms with Crippen molar-refractivity contribution < 1.29 is 5.11 Å². The predicted molar refractivity (Wildman–Crippen MR) is 86.9 cm³/mol. The summed E-state index contributed by atoms with van der Waals surface area (Å²) in [7, 11) is 0. The largest absolute Gasteiger partial charge is 0.396 e. The van der Waals surface area contributed by atoms with Crippen molar-refractivity contribution in [1.29, 1.82) is 0 Å². The summed E-state index contributed by atoms with van der Waals surface area (Å²) in [6.45, 7) is 6.52. The molecule has 1 saturated heterocycles. The normalized spacial score (nSPS) is 18.8. The quantitative estimate of drug-likeness (QED) is 0.809. The SMILES string of the molecule is CCCNc1ncnc(N2CCCCC2CCO)c1CC. The number of aliphatic hydroxyl groups excluding tert-OH is 1. The zero-order chi connectivity index (χ0) is 15.1. The van der Waals surface area contributed by atoms with Gasteiger partial charge in [0, 0.05) is 31.3 Å². The highest BCUT2D eigenvalue weighted by molar-refractivity contribution is 5.59. The van der Waals surface area contributed by atoms with Crippen molar-refractivity contribution in [3.63, 3.8) is 0 Å². The molecule has 0 aliphatic carbocycles. The van der Waals surface area contributed by atoms with E-state index in [4.69, 9.17) is 0 Å². The van der Waals surface area contributed by atoms with Gasteiger partial charge in [0.15, 0.2) is 0 Å². The zero-order valence-corrected chi connectivity index (χ0v) is 13.3. The molecule has 1 fully saturated rings. The zero-order valence-electron chi connectivity index (χ0n) is 13.3. The highest BCUT2D eigenvalue weighted by Gasteiger charge is 2.25. The molecule has 1 aliphatic heterocycles. The summed E-state index contributed by atoms with van der Waals surface area (Å²) in [5.74, 6) is 2.03. The van der Waals surface area contributed by atoms with E-state index in [2.05, 4.69) is 34.0 Å². The molecule has 1 aromatic heterocycles. The van der Waals surface area contributed by atoms with Crippen molar-refractivity contribution in [3.8, 4) is 0 Å². The molecule has 5 nitrogen and oxygen atoms in total. The van der Waals surface area contributed by atoms with Gasteiger partial charge in [-0.05, 0) is 38.5 Å². The third-order valence-electron chi connectivity index (χ3n) is 4.18. The van der Waals surface area contributed by atoms with Crippen LogP contribution in [0.3, 0.4) is 0 Å². The van der Waals surface area contributed by atoms with E-state index in [9.17, 15) is 5.11 Å². The summed E-state index contributed by atoms with van der Waals surface area (Å²) in [5, 5.41) is 12.7. The molecule has 0 saturated carbocycles. The Morgan fingerprint density at radius 1 is 1.33 bits per heavy atom. The van der Waals surface area contributed by atoms with Crippen LogP contribution in [0.15, 0.2) is 6.33 Å². The Morgan fingerprint density at radius 2 is 2.19 bits per heavy atom. The van der Waals surface area contributed by atoms with Gasteiger partial charge in [-0.3, -0.25) is 0 Å². The lowest BCUT2D eigenvalue weighted by Crippen LogP contribution is -2.41. The number of hydrogen-bond acceptors (Lipinski definition) is 5. The van der Waals surface area contributed by atoms with E-state index >= 15 is 0 Å². The van der Waals surface area contributed by atoms with Crippen LogP contribution < -0.4 is 10.2 Å². The van der Waals surface area contributed by atoms with Gasteiger partial charge in [-0.25, -0.2) is 9.97 Å². The standard InChI is InChI=1S/C16H28N4O/c1-3-9-17-15-14(4-2)16(19-12-18-15)20-10-6-5-7-13(20)8-11-21/h12-13,21H,3-11H2,1-2H3,(H,17,18,19). The Kier molecular flexibility index (Phi) is 6.23. The molecule has 2 N–H and O–H groups in total. The maximum Gasteiger partial charge on any atom is 0.137 e. The van der Waals surface area contributed by atoms with Crippen molar-refractivity contribution in [2.24, 2.45) is 0 Å². The third-order valence-corrected chi connectivity index (χ3v) is 4.18. The average molecular weight is 292 g/mol. The number of piperidine rings is 1. The Bertz CT molecular complexity index is 436. The van der Waals surface area contributed by atoms with Crippen molar-refractivity contribution in [1.82, 2.24) is 9.97 Å². The fraction of sp³-hybridized carbons (Fsp3) is 0.750. The summed E-state index contributed by atoms with van der Waals surface area (Å²) < 4.78 is 0. The minimum atomic E-state index is 0.245. The molecule has 2 heterocycles. The molecule has 1 aliphatic rings. The van der Waals surface area contributed by atoms with Gasteiger partial charge in [0.05, 0.1) is 0 Å². The predicted octanol–water partition coefficient (Wildman–Crippen LogP) is 2.60. The van der Waals surface area contributed by atoms with Crippen LogP contribution in [0.2, 0.25) is 0 Å². The lowest BCUT2D eigenvalue weighted by atomic mass is 9.98. The van der Waals surface area contributed by atoms with Crippen molar-refractivity contribution in [2.45, 2.75) is 58.4 Å². The summed E-state index contributed by atoms with van der Waals surface area (Å²) in [5.41, 5.74) is 1.20. The topological polar surface area (TPSA) is 61.3 Å². The Labute approximate surface area is 127 Å². The molecule has 0 amide bonds. The fourth-order valence-corrected chi connectivity index (χ4v) is 3.10. The van der Waals surface area contributed by atoms with Gasteiger partial charge in [0.25, 0.3) is 0 Å². The molecule has 0 bridgehead atoms. The van der Waals surface area contributed by atoms with Crippen LogP contribution in [-0.2, 0) is 6.42 Å². The maximum absolute atomic E-state index is 9.31. The van der Waals surface area contributed by atoms with Crippen molar-refractivity contribution >= 4 is 11.6 Å². The van der Waals surface area contributed by atoms with Gasteiger partial charge in [0.1, 0.15) is 18.0 Å². The van der Waals surface area contributed by atoms with Crippen LogP contribution in [0.1, 0.15) is 51.5 Å². The number of rotatable bonds is 7. The highest BCUT2D eigenvalue weighted by Crippen LogP contribution is 2.30. The average Bonchev–Trinajstić information content (AvgIpc) is 2.53. The summed E-state index contributed by atoms with van der Waals surface area (Å²) in [4.78, 5) is 11.4. The number of anilines is 2. The van der Waals surface area contributed by atoms with Crippen molar-refractivity contribution in [3.05, 3.63) is 11.9 Å². The Hall–Kier alpha value is -1.36. The van der Waals surface area contributed by atoms with Gasteiger partial charge in [-0.1, -0.05) is 13.8 Å². The first kappa shape index (κ1) is 16.0. The van der Waals surface area contributed by atoms with Crippen LogP contribution >= 0.6 is 0 Å². The highest BCUT2D eigenvalue weighted by atomic mass is 16.3. The molecule has 5 heteroatoms. The van der Waals surface area contributed by atoms with Gasteiger partial charge in [-0.15, -0.1) is 0 Å². The monoisotopic (exact) mass is 292 g/mol. The van der Waals surface area contributed by atoms with E-state index in [0.29, 0.717) is 6.04 Å². The van der Waals surface area contributed by atoms with E-state index in [1.54, 1.807) is 6.33 Å². The molecule has 0 spiro atoms. The van der Waals surface area contributed by atoms with Crippen LogP contribution in [-0.4, -0.2) is 40.8 Å². The molecule has 2 rings (SSSR count). The summed E-state index contributed by atoms with van der Waals surface area (Å²) >= 11 is 0. The van der Waals surface area contributed by atoms with E-state index in [1.165, 1.54) is 18.4 Å². The van der Waals surface area contributed by atoms with Crippen LogP contribution in [0.25, 0.3) is 0 Å². The molecule has 0 aromatic carbocycles. The van der Waals surface area contributed by atoms with Gasteiger partial charge >= 0.3 is 0 Å². The molecule has 1 unspecified atom stereocenters. The third kappa shape index (κ3) is 3.84. The first-order chi connectivity index (χ1) is 10.3. The second-order valence-corrected chi connectivity index (χ2v) is 5.66. The molecular formula is C16H28N4O. The van der Waals surface area contributed by atoms with Crippen LogP contribution in [0.4, 0.5) is 11.6 Å². The second-order valence-electron chi connectivity index (χ2n) is 5.66. The van der Waals surface area contributed by atoms with Crippen LogP contribution in [0.5, 0.6) is 0 Å². The minimum absolute atomic E-state index is 0.245. The first-order valence-corrected chi connectivity index (χ1v) is 8.27. The molecule has 1 aromatic rings. The van der Waals surface area contributed by atoms with E-state index in [0.717, 1.165) is 50.4 Å². The van der Waals surface area contributed by atoms with Crippen molar-refractivity contribution in [2.75, 3.05) is 29.9 Å². The Balaban J connectivity index is 2.27. The summed E-state index contributed by atoms with van der Waals surface area (Å²) in [6, 6.07) is 0.406. The summed E-state index contributed by atoms with van der Waals surface area (Å²) in [6.07, 6.45) is 8.08.